The van der Waals surface area contributed by atoms with Crippen LogP contribution in [0.3, 0.4) is 0 Å². The van der Waals surface area contributed by atoms with Gasteiger partial charge in [0.2, 0.25) is 3.79 Å². The molecule has 0 saturated carbocycles. The Labute approximate surface area is 125 Å². The largest absolute Gasteiger partial charge is 0.340 e. The highest BCUT2D eigenvalue weighted by atomic mass is 127. The summed E-state index contributed by atoms with van der Waals surface area (Å²) in [5.74, 6) is 0. The number of halogens is 1. The van der Waals surface area contributed by atoms with Gasteiger partial charge in [-0.2, -0.15) is 0 Å². The summed E-state index contributed by atoms with van der Waals surface area (Å²) in [7, 11) is 0. The molecule has 2 aromatic carbocycles. The van der Waals surface area contributed by atoms with Crippen LogP contribution in [0.15, 0.2) is 42.5 Å². The SMILES string of the molecule is CCCn1c2ccccc2c2cc(C(=O)I)ccc21. The molecule has 0 aliphatic rings. The van der Waals surface area contributed by atoms with E-state index in [-0.39, 0.29) is 3.79 Å². The van der Waals surface area contributed by atoms with Crippen LogP contribution in [0.25, 0.3) is 21.8 Å². The molecule has 0 N–H and O–H groups in total. The summed E-state index contributed by atoms with van der Waals surface area (Å²) in [5, 5.41) is 2.40. The maximum Gasteiger partial charge on any atom is 0.222 e. The van der Waals surface area contributed by atoms with Crippen LogP contribution in [0.5, 0.6) is 0 Å². The molecule has 0 aliphatic heterocycles. The van der Waals surface area contributed by atoms with E-state index in [0.717, 1.165) is 18.5 Å². The molecule has 0 radical (unpaired) electrons. The van der Waals surface area contributed by atoms with E-state index in [2.05, 4.69) is 41.8 Å². The molecule has 1 heterocycles. The first-order chi connectivity index (χ1) is 9.22. The molecule has 0 aliphatic carbocycles. The van der Waals surface area contributed by atoms with Crippen LogP contribution in [0.4, 0.5) is 0 Å². The lowest BCUT2D eigenvalue weighted by atomic mass is 10.1. The summed E-state index contributed by atoms with van der Waals surface area (Å²) in [6.07, 6.45) is 1.10. The van der Waals surface area contributed by atoms with E-state index in [1.807, 2.05) is 34.7 Å². The fraction of sp³-hybridized carbons (Fsp3) is 0.188. The van der Waals surface area contributed by atoms with Crippen molar-refractivity contribution >= 4 is 48.2 Å². The number of aromatic nitrogens is 1. The summed E-state index contributed by atoms with van der Waals surface area (Å²) in [5.41, 5.74) is 3.23. The number of carbonyl (C=O) groups is 1. The van der Waals surface area contributed by atoms with Gasteiger partial charge in [0.15, 0.2) is 0 Å². The molecule has 0 fully saturated rings. The van der Waals surface area contributed by atoms with Crippen LogP contribution < -0.4 is 0 Å². The van der Waals surface area contributed by atoms with Gasteiger partial charge in [0.25, 0.3) is 0 Å². The van der Waals surface area contributed by atoms with Gasteiger partial charge < -0.3 is 4.57 Å². The number of benzene rings is 2. The quantitative estimate of drug-likeness (QED) is 0.485. The van der Waals surface area contributed by atoms with Gasteiger partial charge >= 0.3 is 0 Å². The molecule has 0 bridgehead atoms. The van der Waals surface area contributed by atoms with E-state index in [1.165, 1.54) is 21.8 Å². The van der Waals surface area contributed by atoms with Crippen molar-refractivity contribution in [2.45, 2.75) is 19.9 Å². The predicted molar refractivity (Wildman–Crippen MR) is 88.1 cm³/mol. The number of hydrogen-bond donors (Lipinski definition) is 0. The zero-order valence-electron chi connectivity index (χ0n) is 10.7. The number of para-hydroxylation sites is 1. The van der Waals surface area contributed by atoms with Crippen LogP contribution in [-0.2, 0) is 6.54 Å². The Balaban J connectivity index is 2.41. The van der Waals surface area contributed by atoms with Gasteiger partial charge in [-0.3, -0.25) is 4.79 Å². The van der Waals surface area contributed by atoms with Crippen molar-refractivity contribution in [1.82, 2.24) is 4.57 Å². The second kappa shape index (κ2) is 4.96. The Kier molecular flexibility index (Phi) is 3.31. The number of rotatable bonds is 3. The third kappa shape index (κ3) is 2.06. The Morgan fingerprint density at radius 2 is 1.84 bits per heavy atom. The number of carbonyl (C=O) groups excluding carboxylic acids is 1. The molecule has 0 amide bonds. The summed E-state index contributed by atoms with van der Waals surface area (Å²) in [4.78, 5) is 11.5. The molecule has 3 rings (SSSR count). The van der Waals surface area contributed by atoms with Crippen molar-refractivity contribution in [2.75, 3.05) is 0 Å². The number of aryl methyl sites for hydroxylation is 1. The van der Waals surface area contributed by atoms with Gasteiger partial charge in [0, 0.05) is 56.5 Å². The third-order valence-corrected chi connectivity index (χ3v) is 4.07. The van der Waals surface area contributed by atoms with Gasteiger partial charge in [-0.05, 0) is 30.7 Å². The summed E-state index contributed by atoms with van der Waals surface area (Å²) in [6, 6.07) is 14.4. The average Bonchev–Trinajstić information content (AvgIpc) is 2.74. The van der Waals surface area contributed by atoms with Crippen molar-refractivity contribution in [3.05, 3.63) is 48.0 Å². The van der Waals surface area contributed by atoms with Gasteiger partial charge in [0.1, 0.15) is 0 Å². The molecular formula is C16H14INO. The molecular weight excluding hydrogens is 349 g/mol. The average molecular weight is 363 g/mol. The highest BCUT2D eigenvalue weighted by molar-refractivity contribution is 14.1. The first kappa shape index (κ1) is 12.7. The van der Waals surface area contributed by atoms with Crippen molar-refractivity contribution in [1.29, 1.82) is 0 Å². The van der Waals surface area contributed by atoms with E-state index in [9.17, 15) is 4.79 Å². The van der Waals surface area contributed by atoms with Crippen molar-refractivity contribution in [2.24, 2.45) is 0 Å². The van der Waals surface area contributed by atoms with Crippen LogP contribution in [0, 0.1) is 0 Å². The van der Waals surface area contributed by atoms with Gasteiger partial charge in [-0.15, -0.1) is 0 Å². The van der Waals surface area contributed by atoms with Crippen molar-refractivity contribution in [3.63, 3.8) is 0 Å². The standard InChI is InChI=1S/C16H14INO/c1-2-9-18-14-6-4-3-5-12(14)13-10-11(16(17)19)7-8-15(13)18/h3-8,10H,2,9H2,1H3. The smallest absolute Gasteiger partial charge is 0.222 e. The fourth-order valence-electron chi connectivity index (χ4n) is 2.64. The lowest BCUT2D eigenvalue weighted by Gasteiger charge is -2.05. The third-order valence-electron chi connectivity index (χ3n) is 3.45. The Bertz CT molecular complexity index is 773. The molecule has 96 valence electrons. The fourth-order valence-corrected chi connectivity index (χ4v) is 2.98. The monoisotopic (exact) mass is 363 g/mol. The molecule has 3 aromatic rings. The van der Waals surface area contributed by atoms with Gasteiger partial charge in [-0.1, -0.05) is 25.1 Å². The molecule has 0 atom stereocenters. The minimum Gasteiger partial charge on any atom is -0.340 e. The second-order valence-corrected chi connectivity index (χ2v) is 5.65. The van der Waals surface area contributed by atoms with Crippen molar-refractivity contribution in [3.8, 4) is 0 Å². The Hall–Kier alpha value is -1.36. The second-order valence-electron chi connectivity index (χ2n) is 4.67. The first-order valence-corrected chi connectivity index (χ1v) is 7.51. The van der Waals surface area contributed by atoms with E-state index in [1.54, 1.807) is 0 Å². The molecule has 0 saturated heterocycles. The van der Waals surface area contributed by atoms with E-state index in [0.29, 0.717) is 0 Å². The highest BCUT2D eigenvalue weighted by Crippen LogP contribution is 2.30. The van der Waals surface area contributed by atoms with E-state index < -0.39 is 0 Å². The lowest BCUT2D eigenvalue weighted by molar-refractivity contribution is 0.110. The maximum atomic E-state index is 11.5. The topological polar surface area (TPSA) is 22.0 Å². The molecule has 1 aromatic heterocycles. The zero-order chi connectivity index (χ0) is 13.4. The minimum atomic E-state index is 0.0897. The normalized spacial score (nSPS) is 11.3. The van der Waals surface area contributed by atoms with Crippen LogP contribution in [0.1, 0.15) is 23.7 Å². The molecule has 3 heteroatoms. The Morgan fingerprint density at radius 3 is 2.58 bits per heavy atom. The summed E-state index contributed by atoms with van der Waals surface area (Å²) < 4.78 is 2.43. The molecule has 19 heavy (non-hydrogen) atoms. The number of hydrogen-bond acceptors (Lipinski definition) is 1. The van der Waals surface area contributed by atoms with Crippen LogP contribution >= 0.6 is 22.6 Å². The summed E-state index contributed by atoms with van der Waals surface area (Å²) in [6.45, 7) is 3.19. The highest BCUT2D eigenvalue weighted by Gasteiger charge is 2.11. The van der Waals surface area contributed by atoms with Gasteiger partial charge in [0.05, 0.1) is 0 Å². The maximum absolute atomic E-state index is 11.5. The van der Waals surface area contributed by atoms with E-state index >= 15 is 0 Å². The molecule has 2 nitrogen and oxygen atoms in total. The molecule has 0 unspecified atom stereocenters. The predicted octanol–water partition coefficient (Wildman–Crippen LogP) is 4.78. The minimum absolute atomic E-state index is 0.0897. The number of nitrogens with zero attached hydrogens (tertiary/aromatic N) is 1. The lowest BCUT2D eigenvalue weighted by Crippen LogP contribution is -1.96. The van der Waals surface area contributed by atoms with E-state index in [4.69, 9.17) is 0 Å². The van der Waals surface area contributed by atoms with Crippen molar-refractivity contribution < 1.29 is 4.79 Å². The zero-order valence-corrected chi connectivity index (χ0v) is 12.8. The summed E-state index contributed by atoms with van der Waals surface area (Å²) >= 11 is 1.84. The van der Waals surface area contributed by atoms with Crippen LogP contribution in [0.2, 0.25) is 0 Å². The molecule has 0 spiro atoms. The first-order valence-electron chi connectivity index (χ1n) is 6.43. The number of fused-ring (bicyclic) bond motifs is 3. The van der Waals surface area contributed by atoms with Crippen LogP contribution in [-0.4, -0.2) is 8.36 Å². The Morgan fingerprint density at radius 1 is 1.11 bits per heavy atom. The van der Waals surface area contributed by atoms with Gasteiger partial charge in [-0.25, -0.2) is 0 Å².